The number of phenols is 1. The van der Waals surface area contributed by atoms with Crippen LogP contribution in [-0.2, 0) is 0 Å². The van der Waals surface area contributed by atoms with Gasteiger partial charge in [0, 0.05) is 17.8 Å². The number of thiol groups is 1. The number of aromatic hydroxyl groups is 1. The van der Waals surface area contributed by atoms with Crippen molar-refractivity contribution in [3.05, 3.63) is 71.6 Å². The van der Waals surface area contributed by atoms with Gasteiger partial charge in [-0.05, 0) is 80.0 Å². The summed E-state index contributed by atoms with van der Waals surface area (Å²) in [6.07, 6.45) is 11.9. The zero-order valence-electron chi connectivity index (χ0n) is 16.5. The first-order valence-corrected chi connectivity index (χ1v) is 9.88. The number of nitrogens with zero attached hydrogens (tertiary/aromatic N) is 3. The van der Waals surface area contributed by atoms with Crippen LogP contribution in [0.15, 0.2) is 65.1 Å². The van der Waals surface area contributed by atoms with E-state index in [-0.39, 0.29) is 10.9 Å². The maximum atomic E-state index is 11.8. The fraction of sp³-hybridized carbons (Fsp3) is 0.217. The molecule has 6 heteroatoms. The number of phenolic OH excluding ortho intramolecular Hbond substituents is 1. The lowest BCUT2D eigenvalue weighted by Gasteiger charge is -2.05. The highest BCUT2D eigenvalue weighted by Crippen LogP contribution is 2.31. The van der Waals surface area contributed by atoms with Crippen molar-refractivity contribution in [2.24, 2.45) is 10.2 Å². The van der Waals surface area contributed by atoms with E-state index in [1.807, 2.05) is 6.07 Å². The van der Waals surface area contributed by atoms with Crippen LogP contribution in [0.25, 0.3) is 10.8 Å². The molecular formula is C23H23N3O2S. The summed E-state index contributed by atoms with van der Waals surface area (Å²) in [5, 5.41) is 19.6. The largest absolute Gasteiger partial charge is 0.507 e. The number of allylic oxidation sites excluding steroid dienone is 2. The van der Waals surface area contributed by atoms with E-state index in [0.717, 1.165) is 21.9 Å². The Morgan fingerprint density at radius 1 is 1.03 bits per heavy atom. The average molecular weight is 406 g/mol. The summed E-state index contributed by atoms with van der Waals surface area (Å²) in [5.74, 6) is 0.247. The van der Waals surface area contributed by atoms with E-state index in [4.69, 9.17) is 0 Å². The number of aromatic nitrogens is 1. The van der Waals surface area contributed by atoms with Crippen molar-refractivity contribution in [2.75, 3.05) is 0 Å². The third-order valence-electron chi connectivity index (χ3n) is 4.64. The average Bonchev–Trinajstić information content (AvgIpc) is 3.29. The van der Waals surface area contributed by atoms with Crippen LogP contribution in [-0.4, -0.2) is 15.2 Å². The molecule has 2 aromatic carbocycles. The minimum absolute atomic E-state index is 0.247. The molecule has 0 spiro atoms. The molecule has 0 amide bonds. The van der Waals surface area contributed by atoms with Crippen LogP contribution in [0.4, 0.5) is 11.4 Å². The molecule has 0 atom stereocenters. The van der Waals surface area contributed by atoms with Gasteiger partial charge in [0.25, 0.3) is 0 Å². The highest BCUT2D eigenvalue weighted by atomic mass is 32.1. The van der Waals surface area contributed by atoms with E-state index in [0.29, 0.717) is 16.9 Å². The summed E-state index contributed by atoms with van der Waals surface area (Å²) in [4.78, 5) is 15.9. The molecular weight excluding hydrogens is 382 g/mol. The van der Waals surface area contributed by atoms with Crippen LogP contribution in [0.1, 0.15) is 40.7 Å². The van der Waals surface area contributed by atoms with Crippen molar-refractivity contribution >= 4 is 39.9 Å². The first kappa shape index (κ1) is 20.7. The molecule has 0 saturated carbocycles. The van der Waals surface area contributed by atoms with Gasteiger partial charge in [-0.2, -0.15) is 5.11 Å². The second-order valence-corrected chi connectivity index (χ2v) is 7.33. The maximum absolute atomic E-state index is 11.8. The first-order chi connectivity index (χ1) is 14.0. The molecule has 1 heterocycles. The Kier molecular flexibility index (Phi) is 6.77. The van der Waals surface area contributed by atoms with E-state index in [2.05, 4.69) is 40.0 Å². The van der Waals surface area contributed by atoms with Crippen molar-refractivity contribution in [3.63, 3.8) is 0 Å². The number of hydrogen-bond acceptors (Lipinski definition) is 5. The van der Waals surface area contributed by atoms with E-state index in [1.165, 1.54) is 19.3 Å². The SMILES string of the molecule is C1=CCCC1.Cc1cc(N=Nc2cc3cnccc3cc2C(=O)S)cc(C)c1O. The van der Waals surface area contributed by atoms with Gasteiger partial charge in [-0.3, -0.25) is 9.78 Å². The van der Waals surface area contributed by atoms with Crippen molar-refractivity contribution < 1.29 is 9.90 Å². The summed E-state index contributed by atoms with van der Waals surface area (Å²) in [5.41, 5.74) is 2.85. The molecule has 0 bridgehead atoms. The zero-order valence-corrected chi connectivity index (χ0v) is 17.4. The molecule has 0 aliphatic heterocycles. The molecule has 1 N–H and O–H groups in total. The van der Waals surface area contributed by atoms with Gasteiger partial charge in [-0.25, -0.2) is 0 Å². The predicted molar refractivity (Wildman–Crippen MR) is 120 cm³/mol. The third-order valence-corrected chi connectivity index (χ3v) is 4.88. The minimum Gasteiger partial charge on any atom is -0.507 e. The van der Waals surface area contributed by atoms with Crippen LogP contribution in [0.3, 0.4) is 0 Å². The summed E-state index contributed by atoms with van der Waals surface area (Å²) in [6, 6.07) is 8.78. The molecule has 0 radical (unpaired) electrons. The summed E-state index contributed by atoms with van der Waals surface area (Å²) < 4.78 is 0. The normalized spacial score (nSPS) is 12.9. The standard InChI is InChI=1S/C18H15N3O2S.C5H8/c1-10-5-14(6-11(2)17(10)22)20-21-16-8-13-9-19-4-3-12(13)7-15(16)18(23)24;1-2-4-5-3-1/h3-9,22H,1-2H3,(H,23,24);1-2H,3-5H2. The molecule has 1 aromatic heterocycles. The third kappa shape index (κ3) is 5.29. The molecule has 29 heavy (non-hydrogen) atoms. The van der Waals surface area contributed by atoms with Crippen LogP contribution in [0, 0.1) is 13.8 Å². The molecule has 4 rings (SSSR count). The number of rotatable bonds is 3. The first-order valence-electron chi connectivity index (χ1n) is 9.43. The van der Waals surface area contributed by atoms with E-state index in [9.17, 15) is 9.90 Å². The van der Waals surface area contributed by atoms with E-state index >= 15 is 0 Å². The highest BCUT2D eigenvalue weighted by molar-refractivity contribution is 7.97. The topological polar surface area (TPSA) is 74.9 Å². The van der Waals surface area contributed by atoms with Gasteiger partial charge < -0.3 is 5.11 Å². The molecule has 0 saturated heterocycles. The van der Waals surface area contributed by atoms with Crippen molar-refractivity contribution in [3.8, 4) is 5.75 Å². The molecule has 1 aliphatic rings. The quantitative estimate of drug-likeness (QED) is 0.287. The Bertz CT molecular complexity index is 1080. The second-order valence-electron chi connectivity index (χ2n) is 6.93. The zero-order chi connectivity index (χ0) is 20.8. The van der Waals surface area contributed by atoms with Gasteiger partial charge in [0.15, 0.2) is 0 Å². The summed E-state index contributed by atoms with van der Waals surface area (Å²) in [6.45, 7) is 3.59. The number of carbonyl (C=O) groups excluding carboxylic acids is 1. The number of hydrogen-bond donors (Lipinski definition) is 2. The Hall–Kier alpha value is -2.99. The lowest BCUT2D eigenvalue weighted by molar-refractivity contribution is 0.109. The minimum atomic E-state index is -0.374. The predicted octanol–water partition coefficient (Wildman–Crippen LogP) is 6.77. The Morgan fingerprint density at radius 3 is 2.31 bits per heavy atom. The smallest absolute Gasteiger partial charge is 0.218 e. The van der Waals surface area contributed by atoms with Crippen molar-refractivity contribution in [1.82, 2.24) is 4.98 Å². The Morgan fingerprint density at radius 2 is 1.72 bits per heavy atom. The number of carbonyl (C=O) groups is 1. The van der Waals surface area contributed by atoms with Gasteiger partial charge in [0.05, 0.1) is 16.9 Å². The van der Waals surface area contributed by atoms with Gasteiger partial charge in [-0.1, -0.05) is 12.2 Å². The number of aryl methyl sites for hydroxylation is 2. The van der Waals surface area contributed by atoms with Crippen molar-refractivity contribution in [1.29, 1.82) is 0 Å². The number of azo groups is 1. The summed E-state index contributed by atoms with van der Waals surface area (Å²) in [7, 11) is 0. The van der Waals surface area contributed by atoms with Crippen LogP contribution >= 0.6 is 12.6 Å². The van der Waals surface area contributed by atoms with Crippen molar-refractivity contribution in [2.45, 2.75) is 33.1 Å². The van der Waals surface area contributed by atoms with Gasteiger partial charge in [0.1, 0.15) is 5.75 Å². The molecule has 3 aromatic rings. The lowest BCUT2D eigenvalue weighted by atomic mass is 10.1. The van der Waals surface area contributed by atoms with E-state index < -0.39 is 0 Å². The highest BCUT2D eigenvalue weighted by Gasteiger charge is 2.10. The molecule has 5 nitrogen and oxygen atoms in total. The number of fused-ring (bicyclic) bond motifs is 1. The Labute approximate surface area is 175 Å². The molecule has 0 fully saturated rings. The van der Waals surface area contributed by atoms with Gasteiger partial charge in [-0.15, -0.1) is 17.7 Å². The van der Waals surface area contributed by atoms with Crippen LogP contribution in [0.5, 0.6) is 5.75 Å². The Balaban J connectivity index is 0.000000419. The fourth-order valence-corrected chi connectivity index (χ4v) is 3.25. The lowest BCUT2D eigenvalue weighted by Crippen LogP contribution is -1.90. The fourth-order valence-electron chi connectivity index (χ4n) is 3.07. The molecule has 1 aliphatic carbocycles. The van der Waals surface area contributed by atoms with Gasteiger partial charge >= 0.3 is 0 Å². The number of benzene rings is 2. The van der Waals surface area contributed by atoms with E-state index in [1.54, 1.807) is 50.5 Å². The second kappa shape index (κ2) is 9.47. The molecule has 0 unspecified atom stereocenters. The number of pyridine rings is 1. The van der Waals surface area contributed by atoms with Crippen LogP contribution in [0.2, 0.25) is 0 Å². The molecule has 148 valence electrons. The maximum Gasteiger partial charge on any atom is 0.218 e. The van der Waals surface area contributed by atoms with Gasteiger partial charge in [0.2, 0.25) is 5.12 Å². The monoisotopic (exact) mass is 405 g/mol. The van der Waals surface area contributed by atoms with Crippen LogP contribution < -0.4 is 0 Å². The summed E-state index contributed by atoms with van der Waals surface area (Å²) >= 11 is 3.92.